The van der Waals surface area contributed by atoms with Crippen molar-refractivity contribution >= 4 is 0 Å². The molecule has 0 amide bonds. The van der Waals surface area contributed by atoms with Crippen molar-refractivity contribution in [1.82, 2.24) is 15.2 Å². The number of pyridine rings is 1. The quantitative estimate of drug-likeness (QED) is 0.862. The smallest absolute Gasteiger partial charge is 0.0270 e. The molecule has 0 aromatic carbocycles. The van der Waals surface area contributed by atoms with Gasteiger partial charge in [0.05, 0.1) is 0 Å². The van der Waals surface area contributed by atoms with E-state index in [1.54, 1.807) is 0 Å². The zero-order chi connectivity index (χ0) is 12.8. The van der Waals surface area contributed by atoms with Crippen molar-refractivity contribution < 1.29 is 0 Å². The summed E-state index contributed by atoms with van der Waals surface area (Å²) in [6.07, 6.45) is 7.53. The van der Waals surface area contributed by atoms with Crippen LogP contribution in [-0.2, 0) is 6.42 Å². The number of hydrogen-bond donors (Lipinski definition) is 1. The first-order chi connectivity index (χ1) is 8.68. The first-order valence-electron chi connectivity index (χ1n) is 6.96. The van der Waals surface area contributed by atoms with Gasteiger partial charge >= 0.3 is 0 Å². The van der Waals surface area contributed by atoms with E-state index in [1.165, 1.54) is 31.5 Å². The summed E-state index contributed by atoms with van der Waals surface area (Å²) in [7, 11) is 2.24. The molecule has 0 bridgehead atoms. The van der Waals surface area contributed by atoms with Crippen molar-refractivity contribution in [3.05, 3.63) is 30.1 Å². The van der Waals surface area contributed by atoms with E-state index in [0.29, 0.717) is 5.41 Å². The SMILES string of the molecule is CN(CCc1ccncc1)CC1(C)CCCNC1. The molecule has 1 atom stereocenters. The minimum Gasteiger partial charge on any atom is -0.316 e. The summed E-state index contributed by atoms with van der Waals surface area (Å²) in [5.41, 5.74) is 1.83. The molecule has 0 aliphatic carbocycles. The summed E-state index contributed by atoms with van der Waals surface area (Å²) < 4.78 is 0. The number of hydrogen-bond acceptors (Lipinski definition) is 3. The maximum atomic E-state index is 4.06. The predicted molar refractivity (Wildman–Crippen MR) is 75.6 cm³/mol. The largest absolute Gasteiger partial charge is 0.316 e. The van der Waals surface area contributed by atoms with Gasteiger partial charge in [0.2, 0.25) is 0 Å². The van der Waals surface area contributed by atoms with Gasteiger partial charge in [-0.25, -0.2) is 0 Å². The lowest BCUT2D eigenvalue weighted by Crippen LogP contribution is -2.45. The van der Waals surface area contributed by atoms with Crippen LogP contribution in [0.1, 0.15) is 25.3 Å². The van der Waals surface area contributed by atoms with E-state index in [-0.39, 0.29) is 0 Å². The van der Waals surface area contributed by atoms with Gasteiger partial charge in [0.25, 0.3) is 0 Å². The molecule has 0 spiro atoms. The van der Waals surface area contributed by atoms with Crippen LogP contribution in [0.5, 0.6) is 0 Å². The molecular weight excluding hydrogens is 222 g/mol. The number of aromatic nitrogens is 1. The van der Waals surface area contributed by atoms with Crippen molar-refractivity contribution in [2.45, 2.75) is 26.2 Å². The molecule has 1 aliphatic rings. The Labute approximate surface area is 111 Å². The monoisotopic (exact) mass is 247 g/mol. The van der Waals surface area contributed by atoms with Crippen LogP contribution in [-0.4, -0.2) is 43.1 Å². The van der Waals surface area contributed by atoms with Crippen LogP contribution in [0.15, 0.2) is 24.5 Å². The molecule has 1 N–H and O–H groups in total. The van der Waals surface area contributed by atoms with E-state index in [4.69, 9.17) is 0 Å². The average molecular weight is 247 g/mol. The van der Waals surface area contributed by atoms with E-state index in [0.717, 1.165) is 19.5 Å². The normalized spacial score (nSPS) is 24.4. The van der Waals surface area contributed by atoms with Gasteiger partial charge in [0.15, 0.2) is 0 Å². The summed E-state index contributed by atoms with van der Waals surface area (Å²) in [5, 5.41) is 3.52. The number of nitrogens with one attached hydrogen (secondary N) is 1. The summed E-state index contributed by atoms with van der Waals surface area (Å²) in [6, 6.07) is 4.22. The molecule has 3 heteroatoms. The highest BCUT2D eigenvalue weighted by Crippen LogP contribution is 2.26. The van der Waals surface area contributed by atoms with Gasteiger partial charge < -0.3 is 10.2 Å². The van der Waals surface area contributed by atoms with E-state index in [2.05, 4.69) is 41.3 Å². The Morgan fingerprint density at radius 3 is 2.83 bits per heavy atom. The Kier molecular flexibility index (Phi) is 4.72. The fraction of sp³-hybridized carbons (Fsp3) is 0.667. The second kappa shape index (κ2) is 6.30. The molecule has 1 aromatic heterocycles. The zero-order valence-corrected chi connectivity index (χ0v) is 11.7. The van der Waals surface area contributed by atoms with E-state index >= 15 is 0 Å². The highest BCUT2D eigenvalue weighted by atomic mass is 15.1. The predicted octanol–water partition coefficient (Wildman–Crippen LogP) is 1.95. The van der Waals surface area contributed by atoms with Crippen LogP contribution in [0, 0.1) is 5.41 Å². The number of rotatable bonds is 5. The third-order valence-electron chi connectivity index (χ3n) is 3.87. The summed E-state index contributed by atoms with van der Waals surface area (Å²) in [5.74, 6) is 0. The number of likely N-dealkylation sites (N-methyl/N-ethyl adjacent to an activating group) is 1. The summed E-state index contributed by atoms with van der Waals surface area (Å²) >= 11 is 0. The van der Waals surface area contributed by atoms with Crippen molar-refractivity contribution in [3.8, 4) is 0 Å². The first kappa shape index (κ1) is 13.5. The second-order valence-electron chi connectivity index (χ2n) is 5.93. The Morgan fingerprint density at radius 1 is 1.39 bits per heavy atom. The summed E-state index contributed by atoms with van der Waals surface area (Å²) in [6.45, 7) is 7.07. The zero-order valence-electron chi connectivity index (χ0n) is 11.7. The molecule has 1 aliphatic heterocycles. The molecule has 2 heterocycles. The fourth-order valence-corrected chi connectivity index (χ4v) is 2.85. The van der Waals surface area contributed by atoms with E-state index < -0.39 is 0 Å². The lowest BCUT2D eigenvalue weighted by molar-refractivity contribution is 0.154. The van der Waals surface area contributed by atoms with E-state index in [9.17, 15) is 0 Å². The van der Waals surface area contributed by atoms with Gasteiger partial charge in [0.1, 0.15) is 0 Å². The van der Waals surface area contributed by atoms with E-state index in [1.807, 2.05) is 12.4 Å². The maximum absolute atomic E-state index is 4.06. The fourth-order valence-electron chi connectivity index (χ4n) is 2.85. The van der Waals surface area contributed by atoms with Gasteiger partial charge in [-0.1, -0.05) is 6.92 Å². The Balaban J connectivity index is 1.76. The average Bonchev–Trinajstić information content (AvgIpc) is 2.38. The van der Waals surface area contributed by atoms with Crippen LogP contribution in [0.3, 0.4) is 0 Å². The number of piperidine rings is 1. The molecule has 18 heavy (non-hydrogen) atoms. The Morgan fingerprint density at radius 2 is 2.17 bits per heavy atom. The van der Waals surface area contributed by atoms with Gasteiger partial charge in [-0.2, -0.15) is 0 Å². The number of nitrogens with zero attached hydrogens (tertiary/aromatic N) is 2. The van der Waals surface area contributed by atoms with Gasteiger partial charge in [-0.3, -0.25) is 4.98 Å². The van der Waals surface area contributed by atoms with Crippen molar-refractivity contribution in [3.63, 3.8) is 0 Å². The molecule has 0 saturated carbocycles. The minimum atomic E-state index is 0.450. The lowest BCUT2D eigenvalue weighted by atomic mass is 9.82. The topological polar surface area (TPSA) is 28.2 Å². The van der Waals surface area contributed by atoms with Crippen LogP contribution < -0.4 is 5.32 Å². The Bertz CT molecular complexity index is 344. The molecule has 1 saturated heterocycles. The lowest BCUT2D eigenvalue weighted by Gasteiger charge is -2.37. The maximum Gasteiger partial charge on any atom is 0.0270 e. The molecule has 100 valence electrons. The van der Waals surface area contributed by atoms with Crippen LogP contribution >= 0.6 is 0 Å². The summed E-state index contributed by atoms with van der Waals surface area (Å²) in [4.78, 5) is 6.52. The highest BCUT2D eigenvalue weighted by Gasteiger charge is 2.27. The van der Waals surface area contributed by atoms with Crippen LogP contribution in [0.2, 0.25) is 0 Å². The minimum absolute atomic E-state index is 0.450. The highest BCUT2D eigenvalue weighted by molar-refractivity contribution is 5.09. The van der Waals surface area contributed by atoms with Gasteiger partial charge in [-0.05, 0) is 56.0 Å². The molecule has 1 unspecified atom stereocenters. The standard InChI is InChI=1S/C15H25N3/c1-15(7-3-8-17-12-15)13-18(2)11-6-14-4-9-16-10-5-14/h4-5,9-10,17H,3,6-8,11-13H2,1-2H3. The first-order valence-corrected chi connectivity index (χ1v) is 6.96. The van der Waals surface area contributed by atoms with Crippen LogP contribution in [0.4, 0.5) is 0 Å². The van der Waals surface area contributed by atoms with Crippen molar-refractivity contribution in [2.24, 2.45) is 5.41 Å². The third kappa shape index (κ3) is 4.07. The molecule has 1 fully saturated rings. The second-order valence-corrected chi connectivity index (χ2v) is 5.93. The molecule has 2 rings (SSSR count). The molecule has 3 nitrogen and oxygen atoms in total. The van der Waals surface area contributed by atoms with Gasteiger partial charge in [0, 0.05) is 32.0 Å². The Hall–Kier alpha value is -0.930. The van der Waals surface area contributed by atoms with Crippen LogP contribution in [0.25, 0.3) is 0 Å². The third-order valence-corrected chi connectivity index (χ3v) is 3.87. The molecule has 0 radical (unpaired) electrons. The molecular formula is C15H25N3. The van der Waals surface area contributed by atoms with Gasteiger partial charge in [-0.15, -0.1) is 0 Å². The van der Waals surface area contributed by atoms with Crippen molar-refractivity contribution in [1.29, 1.82) is 0 Å². The van der Waals surface area contributed by atoms with Crippen molar-refractivity contribution in [2.75, 3.05) is 33.2 Å². The molecule has 1 aromatic rings.